The molecule has 1 fully saturated rings. The van der Waals surface area contributed by atoms with E-state index in [4.69, 9.17) is 24.5 Å². The SMILES string of the molecule is NCCCCC(O[PH](=O)[C@@](Cc1ccccc1)(OCOC(=O)c1ccccc1)OC(=O)c1ccccc1)C(=O)N1CCC[C@H]1C(=O)O. The van der Waals surface area contributed by atoms with Gasteiger partial charge in [0.1, 0.15) is 12.1 Å². The van der Waals surface area contributed by atoms with E-state index in [0.717, 1.165) is 0 Å². The maximum atomic E-state index is 14.5. The lowest BCUT2D eigenvalue weighted by Gasteiger charge is -2.34. The number of nitrogens with two attached hydrogens (primary N) is 1. The Balaban J connectivity index is 1.69. The van der Waals surface area contributed by atoms with Gasteiger partial charge in [0.25, 0.3) is 19.5 Å². The summed E-state index contributed by atoms with van der Waals surface area (Å²) in [5.41, 5.74) is 4.23. The number of unbranched alkanes of at least 4 members (excludes halogenated alkanes) is 1. The first-order valence-electron chi connectivity index (χ1n) is 15.4. The molecule has 2 unspecified atom stereocenters. The van der Waals surface area contributed by atoms with Gasteiger partial charge in [-0.1, -0.05) is 66.7 Å². The summed E-state index contributed by atoms with van der Waals surface area (Å²) >= 11 is 0. The van der Waals surface area contributed by atoms with E-state index in [1.165, 1.54) is 17.0 Å². The van der Waals surface area contributed by atoms with Crippen molar-refractivity contribution in [1.82, 2.24) is 4.90 Å². The van der Waals surface area contributed by atoms with Crippen LogP contribution < -0.4 is 5.73 Å². The zero-order valence-corrected chi connectivity index (χ0v) is 26.8. The average molecular weight is 667 g/mol. The van der Waals surface area contributed by atoms with Crippen LogP contribution in [0.5, 0.6) is 0 Å². The first-order valence-corrected chi connectivity index (χ1v) is 16.7. The molecule has 47 heavy (non-hydrogen) atoms. The molecule has 0 spiro atoms. The minimum absolute atomic E-state index is 0.0757. The van der Waals surface area contributed by atoms with Gasteiger partial charge in [0.15, 0.2) is 6.79 Å². The fourth-order valence-electron chi connectivity index (χ4n) is 5.17. The van der Waals surface area contributed by atoms with Gasteiger partial charge in [-0.05, 0) is 68.5 Å². The van der Waals surface area contributed by atoms with E-state index >= 15 is 0 Å². The number of carboxylic acid groups (broad SMARTS) is 1. The van der Waals surface area contributed by atoms with Gasteiger partial charge >= 0.3 is 17.9 Å². The Morgan fingerprint density at radius 3 is 2.09 bits per heavy atom. The Morgan fingerprint density at radius 2 is 1.49 bits per heavy atom. The number of hydrogen-bond acceptors (Lipinski definition) is 10. The van der Waals surface area contributed by atoms with Crippen molar-refractivity contribution in [3.05, 3.63) is 108 Å². The maximum absolute atomic E-state index is 14.5. The number of rotatable bonds is 17. The lowest BCUT2D eigenvalue weighted by molar-refractivity contribution is -0.189. The molecule has 1 saturated heterocycles. The predicted molar refractivity (Wildman–Crippen MR) is 172 cm³/mol. The Kier molecular flexibility index (Phi) is 13.2. The van der Waals surface area contributed by atoms with Gasteiger partial charge < -0.3 is 29.7 Å². The molecule has 0 radical (unpaired) electrons. The van der Waals surface area contributed by atoms with Crippen molar-refractivity contribution in [3.8, 4) is 0 Å². The minimum Gasteiger partial charge on any atom is -0.480 e. The maximum Gasteiger partial charge on any atom is 0.341 e. The highest BCUT2D eigenvalue weighted by molar-refractivity contribution is 7.40. The molecule has 3 aromatic rings. The third kappa shape index (κ3) is 9.82. The van der Waals surface area contributed by atoms with Crippen LogP contribution in [-0.4, -0.2) is 71.4 Å². The van der Waals surface area contributed by atoms with Crippen molar-refractivity contribution in [2.45, 2.75) is 56.2 Å². The molecule has 3 N–H and O–H groups in total. The van der Waals surface area contributed by atoms with E-state index in [0.29, 0.717) is 31.4 Å². The second-order valence-corrected chi connectivity index (χ2v) is 12.5. The predicted octanol–water partition coefficient (Wildman–Crippen LogP) is 4.64. The molecule has 0 saturated carbocycles. The average Bonchev–Trinajstić information content (AvgIpc) is 3.59. The van der Waals surface area contributed by atoms with Crippen LogP contribution in [0.25, 0.3) is 0 Å². The second-order valence-electron chi connectivity index (χ2n) is 10.9. The molecule has 0 bridgehead atoms. The van der Waals surface area contributed by atoms with Crippen LogP contribution in [0.4, 0.5) is 0 Å². The highest BCUT2D eigenvalue weighted by Gasteiger charge is 2.47. The van der Waals surface area contributed by atoms with E-state index < -0.39 is 56.3 Å². The third-order valence-electron chi connectivity index (χ3n) is 7.62. The van der Waals surface area contributed by atoms with Gasteiger partial charge in [0, 0.05) is 13.0 Å². The number of ether oxygens (including phenoxy) is 3. The summed E-state index contributed by atoms with van der Waals surface area (Å²) in [6, 6.07) is 23.7. The monoisotopic (exact) mass is 666 g/mol. The Morgan fingerprint density at radius 1 is 0.894 bits per heavy atom. The van der Waals surface area contributed by atoms with Crippen LogP contribution in [0.3, 0.4) is 0 Å². The smallest absolute Gasteiger partial charge is 0.341 e. The molecule has 1 aliphatic heterocycles. The van der Waals surface area contributed by atoms with Crippen molar-refractivity contribution in [2.75, 3.05) is 19.9 Å². The molecule has 4 rings (SSSR count). The molecular formula is C34H39N2O10P. The van der Waals surface area contributed by atoms with Gasteiger partial charge in [0.05, 0.1) is 11.1 Å². The second kappa shape index (κ2) is 17.5. The van der Waals surface area contributed by atoms with Crippen molar-refractivity contribution in [3.63, 3.8) is 0 Å². The van der Waals surface area contributed by atoms with E-state index in [1.807, 2.05) is 0 Å². The number of nitrogens with zero attached hydrogens (tertiary/aromatic N) is 1. The molecule has 0 aliphatic carbocycles. The number of amides is 1. The molecule has 3 aromatic carbocycles. The minimum atomic E-state index is -3.73. The first-order chi connectivity index (χ1) is 22.7. The van der Waals surface area contributed by atoms with Crippen LogP contribution in [-0.2, 0) is 39.3 Å². The molecule has 250 valence electrons. The molecule has 4 atom stereocenters. The zero-order chi connectivity index (χ0) is 33.6. The van der Waals surface area contributed by atoms with Crippen LogP contribution in [0.1, 0.15) is 58.4 Å². The number of esters is 2. The molecule has 1 amide bonds. The highest BCUT2D eigenvalue weighted by Crippen LogP contribution is 2.47. The standard InChI is InChI=1S/C34H39N2O10P/c35-21-11-10-20-29(30(37)36-22-12-19-28(36)31(38)39)46-47(42)34(23-25-13-4-1-5-14-25,45-33(41)27-17-8-3-9-18-27)44-24-43-32(40)26-15-6-2-7-16-26/h1-9,13-18,28-29,47H,10-12,19-24,35H2,(H,38,39)/t28-,29?,34-/m0/s1. The van der Waals surface area contributed by atoms with E-state index in [1.54, 1.807) is 78.9 Å². The summed E-state index contributed by atoms with van der Waals surface area (Å²) < 4.78 is 37.6. The first kappa shape index (κ1) is 35.5. The topological polar surface area (TPSA) is 172 Å². The van der Waals surface area contributed by atoms with Crippen LogP contribution >= 0.6 is 8.03 Å². The number of aliphatic carboxylic acids is 1. The molecule has 0 aromatic heterocycles. The Labute approximate surface area is 273 Å². The van der Waals surface area contributed by atoms with Crippen molar-refractivity contribution in [1.29, 1.82) is 0 Å². The number of carbonyl (C=O) groups is 4. The van der Waals surface area contributed by atoms with E-state index in [-0.39, 0.29) is 36.9 Å². The number of carboxylic acids is 1. The largest absolute Gasteiger partial charge is 0.480 e. The summed E-state index contributed by atoms with van der Waals surface area (Å²) in [7, 11) is -3.73. The van der Waals surface area contributed by atoms with Gasteiger partial charge in [-0.2, -0.15) is 0 Å². The number of carbonyl (C=O) groups excluding carboxylic acids is 3. The summed E-state index contributed by atoms with van der Waals surface area (Å²) in [4.78, 5) is 53.1. The molecule has 13 heteroatoms. The summed E-state index contributed by atoms with van der Waals surface area (Å²) in [5, 5.41) is 9.71. The number of likely N-dealkylation sites (tertiary alicyclic amines) is 1. The normalized spacial score (nSPS) is 16.9. The van der Waals surface area contributed by atoms with Crippen LogP contribution in [0, 0.1) is 0 Å². The lowest BCUT2D eigenvalue weighted by Crippen LogP contribution is -2.46. The van der Waals surface area contributed by atoms with Crippen LogP contribution in [0.15, 0.2) is 91.0 Å². The zero-order valence-electron chi connectivity index (χ0n) is 25.8. The van der Waals surface area contributed by atoms with Gasteiger partial charge in [-0.25, -0.2) is 14.4 Å². The van der Waals surface area contributed by atoms with Crippen LogP contribution in [0.2, 0.25) is 0 Å². The van der Waals surface area contributed by atoms with E-state index in [9.17, 15) is 28.8 Å². The Bertz CT molecular complexity index is 1510. The molecule has 12 nitrogen and oxygen atoms in total. The highest BCUT2D eigenvalue weighted by atomic mass is 31.1. The fraction of sp³-hybridized carbons (Fsp3) is 0.353. The van der Waals surface area contributed by atoms with Gasteiger partial charge in [0.2, 0.25) is 0 Å². The number of hydrogen-bond donors (Lipinski definition) is 2. The summed E-state index contributed by atoms with van der Waals surface area (Å²) in [6.45, 7) is -0.251. The summed E-state index contributed by atoms with van der Waals surface area (Å²) in [5.74, 6) is -3.43. The molecule has 1 heterocycles. The number of benzene rings is 3. The quantitative estimate of drug-likeness (QED) is 0.0890. The van der Waals surface area contributed by atoms with E-state index in [2.05, 4.69) is 0 Å². The van der Waals surface area contributed by atoms with Crippen molar-refractivity contribution < 1.29 is 47.6 Å². The fourth-order valence-corrected chi connectivity index (χ4v) is 6.53. The molecular weight excluding hydrogens is 627 g/mol. The lowest BCUT2D eigenvalue weighted by atomic mass is 10.1. The Hall–Kier alpha value is -4.35. The third-order valence-corrected chi connectivity index (χ3v) is 9.16. The van der Waals surface area contributed by atoms with Gasteiger partial charge in [-0.3, -0.25) is 14.1 Å². The summed E-state index contributed by atoms with van der Waals surface area (Å²) in [6.07, 6.45) is 0.127. The molecule has 1 aliphatic rings. The van der Waals surface area contributed by atoms with Gasteiger partial charge in [-0.15, -0.1) is 0 Å². The van der Waals surface area contributed by atoms with Crippen molar-refractivity contribution in [2.24, 2.45) is 5.73 Å². The van der Waals surface area contributed by atoms with Crippen molar-refractivity contribution >= 4 is 31.8 Å².